The minimum atomic E-state index is -0.463. The molecule has 0 rings (SSSR count). The van der Waals surface area contributed by atoms with E-state index in [0.29, 0.717) is 6.42 Å². The average Bonchev–Trinajstić information content (AvgIpc) is 1.85. The molecule has 0 bridgehead atoms. The van der Waals surface area contributed by atoms with E-state index < -0.39 is 6.10 Å². The molecule has 1 unspecified atom stereocenters. The Morgan fingerprint density at radius 3 is 2.67 bits per heavy atom. The van der Waals surface area contributed by atoms with E-state index in [4.69, 9.17) is 10.2 Å². The smallest absolute Gasteiger partial charge is 0.0742 e. The Kier molecular flexibility index (Phi) is 5.57. The van der Waals surface area contributed by atoms with Gasteiger partial charge >= 0.3 is 0 Å². The summed E-state index contributed by atoms with van der Waals surface area (Å²) in [5.41, 5.74) is 0. The molecule has 0 spiro atoms. The summed E-state index contributed by atoms with van der Waals surface area (Å²) in [6.45, 7) is 2.05. The molecule has 0 aromatic heterocycles. The summed E-state index contributed by atoms with van der Waals surface area (Å²) in [5, 5.41) is 17.3. The van der Waals surface area contributed by atoms with Crippen molar-refractivity contribution in [1.82, 2.24) is 0 Å². The lowest BCUT2D eigenvalue weighted by atomic mass is 10.2. The van der Waals surface area contributed by atoms with Crippen molar-refractivity contribution in [3.63, 3.8) is 0 Å². The Morgan fingerprint density at radius 2 is 2.22 bits per heavy atom. The second-order valence-corrected chi connectivity index (χ2v) is 1.92. The predicted octanol–water partition coefficient (Wildman–Crippen LogP) is 0.696. The predicted molar refractivity (Wildman–Crippen MR) is 37.1 cm³/mol. The van der Waals surface area contributed by atoms with E-state index in [1.807, 2.05) is 13.0 Å². The minimum absolute atomic E-state index is 0.0508. The van der Waals surface area contributed by atoms with Gasteiger partial charge in [0.2, 0.25) is 0 Å². The molecule has 9 heavy (non-hydrogen) atoms. The first-order valence-corrected chi connectivity index (χ1v) is 3.26. The van der Waals surface area contributed by atoms with E-state index in [1.165, 1.54) is 0 Å². The highest BCUT2D eigenvalue weighted by molar-refractivity contribution is 4.87. The van der Waals surface area contributed by atoms with Crippen LogP contribution < -0.4 is 0 Å². The standard InChI is InChI=1S/C7H14O2/c1-2-3-4-7(9)5-6-8/h3-4,7-9H,2,5-6H2,1H3/b4-3+. The zero-order valence-electron chi connectivity index (χ0n) is 5.75. The van der Waals surface area contributed by atoms with Gasteiger partial charge in [-0.1, -0.05) is 19.1 Å². The maximum atomic E-state index is 8.93. The molecule has 0 aromatic rings. The van der Waals surface area contributed by atoms with Gasteiger partial charge in [0.05, 0.1) is 6.10 Å². The first-order chi connectivity index (χ1) is 4.31. The van der Waals surface area contributed by atoms with Crippen LogP contribution in [0.1, 0.15) is 19.8 Å². The van der Waals surface area contributed by atoms with E-state index >= 15 is 0 Å². The molecule has 0 radical (unpaired) electrons. The van der Waals surface area contributed by atoms with Crippen molar-refractivity contribution in [2.75, 3.05) is 6.61 Å². The van der Waals surface area contributed by atoms with Crippen LogP contribution in [-0.2, 0) is 0 Å². The first kappa shape index (κ1) is 8.66. The van der Waals surface area contributed by atoms with E-state index in [0.717, 1.165) is 6.42 Å². The Bertz CT molecular complexity index is 79.0. The van der Waals surface area contributed by atoms with Gasteiger partial charge in [0, 0.05) is 6.61 Å². The molecule has 0 aliphatic carbocycles. The molecular weight excluding hydrogens is 116 g/mol. The summed E-state index contributed by atoms with van der Waals surface area (Å²) >= 11 is 0. The second kappa shape index (κ2) is 5.79. The summed E-state index contributed by atoms with van der Waals surface area (Å²) < 4.78 is 0. The lowest BCUT2D eigenvalue weighted by molar-refractivity contribution is 0.170. The zero-order valence-corrected chi connectivity index (χ0v) is 5.75. The van der Waals surface area contributed by atoms with Crippen LogP contribution in [-0.4, -0.2) is 22.9 Å². The molecule has 0 heterocycles. The molecule has 0 aromatic carbocycles. The minimum Gasteiger partial charge on any atom is -0.396 e. The van der Waals surface area contributed by atoms with Gasteiger partial charge in [-0.3, -0.25) is 0 Å². The first-order valence-electron chi connectivity index (χ1n) is 3.26. The molecule has 0 aliphatic rings. The van der Waals surface area contributed by atoms with Crippen LogP contribution in [0.2, 0.25) is 0 Å². The van der Waals surface area contributed by atoms with E-state index in [2.05, 4.69) is 0 Å². The highest BCUT2D eigenvalue weighted by Crippen LogP contribution is 1.92. The fourth-order valence-corrected chi connectivity index (χ4v) is 0.522. The average molecular weight is 130 g/mol. The molecular formula is C7H14O2. The van der Waals surface area contributed by atoms with E-state index in [-0.39, 0.29) is 6.61 Å². The molecule has 0 saturated heterocycles. The van der Waals surface area contributed by atoms with Crippen LogP contribution in [0.4, 0.5) is 0 Å². The number of aliphatic hydroxyl groups is 2. The lowest BCUT2D eigenvalue weighted by Gasteiger charge is -1.99. The molecule has 2 heteroatoms. The quantitative estimate of drug-likeness (QED) is 0.550. The number of rotatable bonds is 4. The maximum absolute atomic E-state index is 8.93. The van der Waals surface area contributed by atoms with Crippen molar-refractivity contribution < 1.29 is 10.2 Å². The molecule has 2 nitrogen and oxygen atoms in total. The zero-order chi connectivity index (χ0) is 7.11. The van der Waals surface area contributed by atoms with Crippen molar-refractivity contribution in [3.05, 3.63) is 12.2 Å². The van der Waals surface area contributed by atoms with Crippen molar-refractivity contribution in [2.45, 2.75) is 25.9 Å². The fraction of sp³-hybridized carbons (Fsp3) is 0.714. The van der Waals surface area contributed by atoms with Gasteiger partial charge in [-0.05, 0) is 12.8 Å². The van der Waals surface area contributed by atoms with Crippen LogP contribution in [0.25, 0.3) is 0 Å². The third kappa shape index (κ3) is 5.53. The molecule has 0 aliphatic heterocycles. The van der Waals surface area contributed by atoms with Gasteiger partial charge in [-0.15, -0.1) is 0 Å². The SMILES string of the molecule is CC/C=C/C(O)CCO. The lowest BCUT2D eigenvalue weighted by Crippen LogP contribution is -2.03. The number of aliphatic hydroxyl groups excluding tert-OH is 2. The molecule has 0 amide bonds. The van der Waals surface area contributed by atoms with Crippen molar-refractivity contribution >= 4 is 0 Å². The van der Waals surface area contributed by atoms with Gasteiger partial charge in [0.15, 0.2) is 0 Å². The summed E-state index contributed by atoms with van der Waals surface area (Å²) in [5.74, 6) is 0. The molecule has 54 valence electrons. The number of allylic oxidation sites excluding steroid dienone is 1. The third-order valence-corrected chi connectivity index (χ3v) is 1.02. The van der Waals surface area contributed by atoms with Gasteiger partial charge < -0.3 is 10.2 Å². The van der Waals surface area contributed by atoms with Gasteiger partial charge in [0.1, 0.15) is 0 Å². The van der Waals surface area contributed by atoms with Gasteiger partial charge in [0.25, 0.3) is 0 Å². The van der Waals surface area contributed by atoms with Crippen LogP contribution in [0.5, 0.6) is 0 Å². The monoisotopic (exact) mass is 130 g/mol. The van der Waals surface area contributed by atoms with Gasteiger partial charge in [-0.2, -0.15) is 0 Å². The highest BCUT2D eigenvalue weighted by atomic mass is 16.3. The van der Waals surface area contributed by atoms with Crippen LogP contribution in [0, 0.1) is 0 Å². The Balaban J connectivity index is 3.25. The largest absolute Gasteiger partial charge is 0.396 e. The Labute approximate surface area is 55.8 Å². The van der Waals surface area contributed by atoms with Crippen LogP contribution in [0.3, 0.4) is 0 Å². The summed E-state index contributed by atoms with van der Waals surface area (Å²) in [6.07, 6.45) is 4.50. The van der Waals surface area contributed by atoms with Crippen molar-refractivity contribution in [2.24, 2.45) is 0 Å². The van der Waals surface area contributed by atoms with E-state index in [9.17, 15) is 0 Å². The number of hydrogen-bond acceptors (Lipinski definition) is 2. The Morgan fingerprint density at radius 1 is 1.56 bits per heavy atom. The van der Waals surface area contributed by atoms with Gasteiger partial charge in [-0.25, -0.2) is 0 Å². The normalized spacial score (nSPS) is 14.6. The number of hydrogen-bond donors (Lipinski definition) is 2. The van der Waals surface area contributed by atoms with Crippen molar-refractivity contribution in [1.29, 1.82) is 0 Å². The highest BCUT2D eigenvalue weighted by Gasteiger charge is 1.93. The maximum Gasteiger partial charge on any atom is 0.0742 e. The molecule has 0 saturated carbocycles. The topological polar surface area (TPSA) is 40.5 Å². The Hall–Kier alpha value is -0.340. The van der Waals surface area contributed by atoms with E-state index in [1.54, 1.807) is 6.08 Å². The summed E-state index contributed by atoms with van der Waals surface area (Å²) in [6, 6.07) is 0. The van der Waals surface area contributed by atoms with Crippen LogP contribution >= 0.6 is 0 Å². The molecule has 2 N–H and O–H groups in total. The second-order valence-electron chi connectivity index (χ2n) is 1.92. The van der Waals surface area contributed by atoms with Crippen LogP contribution in [0.15, 0.2) is 12.2 Å². The third-order valence-electron chi connectivity index (χ3n) is 1.02. The molecule has 0 fully saturated rings. The summed E-state index contributed by atoms with van der Waals surface area (Å²) in [4.78, 5) is 0. The fourth-order valence-electron chi connectivity index (χ4n) is 0.522. The molecule has 1 atom stereocenters. The summed E-state index contributed by atoms with van der Waals surface area (Å²) in [7, 11) is 0. The van der Waals surface area contributed by atoms with Crippen molar-refractivity contribution in [3.8, 4) is 0 Å².